The maximum Gasteiger partial charge on any atom is 0.151 e. The molecule has 0 saturated carbocycles. The largest absolute Gasteiger partial charge is 0.483 e. The van der Waals surface area contributed by atoms with Crippen LogP contribution >= 0.6 is 0 Å². The lowest BCUT2D eigenvalue weighted by Crippen LogP contribution is -2.20. The monoisotopic (exact) mass is 569 g/mol. The number of nitrogens with zero attached hydrogens (tertiary/aromatic N) is 1. The molecule has 2 atom stereocenters. The SMILES string of the molecule is [2H]c1c([2H])c2c([2H])c([2H])c3c(-c4ccc(N5c6ccccc6C6Oc7ccccc7C65)cc4)c([2H])c([2H])c4c([2H])c([2H])c(c1-c1ccccc1)c2c43. The van der Waals surface area contributed by atoms with E-state index in [2.05, 4.69) is 23.1 Å². The number of benzene rings is 8. The molecular weight excluding hydrogens is 534 g/mol. The van der Waals surface area contributed by atoms with Crippen LogP contribution in [0, 0.1) is 0 Å². The highest BCUT2D eigenvalue weighted by Crippen LogP contribution is 2.58. The summed E-state index contributed by atoms with van der Waals surface area (Å²) in [5, 5.41) is 1.13. The van der Waals surface area contributed by atoms with Crippen molar-refractivity contribution in [2.75, 3.05) is 4.90 Å². The van der Waals surface area contributed by atoms with Crippen LogP contribution in [0.3, 0.4) is 0 Å². The molecule has 0 N–H and O–H groups in total. The van der Waals surface area contributed by atoms with Crippen LogP contribution in [-0.4, -0.2) is 0 Å². The molecule has 2 heteroatoms. The molecule has 8 aromatic rings. The first kappa shape index (κ1) is 17.5. The fourth-order valence-corrected chi connectivity index (χ4v) is 7.12. The van der Waals surface area contributed by atoms with Gasteiger partial charge in [-0.3, -0.25) is 0 Å². The standard InChI is InChI=1S/C42H27NO/c1-2-8-26(9-3-1)31-22-16-28-19-25-34-32(23-17-29-18-24-33(31)39(28)40(29)34)27-14-20-30(21-15-27)43-37-12-6-4-10-35(37)42-41(43)36-11-5-7-13-38(36)44-42/h1-25,41-42H/i16D,17D,18D,19D,22D,23D,24D,25D. The van der Waals surface area contributed by atoms with Gasteiger partial charge in [0.15, 0.2) is 6.10 Å². The summed E-state index contributed by atoms with van der Waals surface area (Å²) in [5.41, 5.74) is 5.84. The van der Waals surface area contributed by atoms with E-state index in [1.165, 1.54) is 0 Å². The molecule has 0 bridgehead atoms. The van der Waals surface area contributed by atoms with Crippen LogP contribution in [0.25, 0.3) is 54.6 Å². The Balaban J connectivity index is 1.24. The minimum Gasteiger partial charge on any atom is -0.483 e. The molecule has 0 amide bonds. The van der Waals surface area contributed by atoms with Gasteiger partial charge in [-0.1, -0.05) is 127 Å². The summed E-state index contributed by atoms with van der Waals surface area (Å²) in [6.07, 6.45) is -0.175. The summed E-state index contributed by atoms with van der Waals surface area (Å²) >= 11 is 0. The predicted octanol–water partition coefficient (Wildman–Crippen LogP) is 11.2. The summed E-state index contributed by atoms with van der Waals surface area (Å²) in [6.45, 7) is 0. The third-order valence-electron chi connectivity index (χ3n) is 9.06. The zero-order valence-corrected chi connectivity index (χ0v) is 23.3. The first-order valence-electron chi connectivity index (χ1n) is 18.7. The van der Waals surface area contributed by atoms with Gasteiger partial charge < -0.3 is 9.64 Å². The second kappa shape index (κ2) is 8.95. The number of anilines is 2. The number of rotatable bonds is 3. The predicted molar refractivity (Wildman–Crippen MR) is 182 cm³/mol. The Hall–Kier alpha value is -5.60. The van der Waals surface area contributed by atoms with Crippen molar-refractivity contribution in [2.45, 2.75) is 12.1 Å². The third kappa shape index (κ3) is 3.25. The summed E-state index contributed by atoms with van der Waals surface area (Å²) < 4.78 is 79.7. The molecule has 206 valence electrons. The second-order valence-electron chi connectivity index (χ2n) is 11.4. The van der Waals surface area contributed by atoms with Crippen LogP contribution in [0.15, 0.2) is 151 Å². The van der Waals surface area contributed by atoms with Gasteiger partial charge in [0, 0.05) is 22.5 Å². The van der Waals surface area contributed by atoms with E-state index in [0.29, 0.717) is 27.5 Å². The third-order valence-corrected chi connectivity index (χ3v) is 9.06. The van der Waals surface area contributed by atoms with Gasteiger partial charge in [0.2, 0.25) is 0 Å². The van der Waals surface area contributed by atoms with E-state index in [-0.39, 0.29) is 87.6 Å². The fourth-order valence-electron chi connectivity index (χ4n) is 7.12. The average molecular weight is 570 g/mol. The van der Waals surface area contributed by atoms with Crippen LogP contribution in [0.4, 0.5) is 11.4 Å². The van der Waals surface area contributed by atoms with Gasteiger partial charge in [0.05, 0.1) is 11.0 Å². The average Bonchev–Trinajstić information content (AvgIpc) is 3.70. The van der Waals surface area contributed by atoms with Crippen molar-refractivity contribution < 1.29 is 15.7 Å². The quantitative estimate of drug-likeness (QED) is 0.196. The van der Waals surface area contributed by atoms with Gasteiger partial charge in [-0.2, -0.15) is 0 Å². The van der Waals surface area contributed by atoms with E-state index in [1.807, 2.05) is 60.7 Å². The van der Waals surface area contributed by atoms with Crippen molar-refractivity contribution >= 4 is 43.7 Å². The van der Waals surface area contributed by atoms with Gasteiger partial charge in [0.1, 0.15) is 11.8 Å². The Bertz CT molecular complexity index is 2820. The number of para-hydroxylation sites is 2. The Morgan fingerprint density at radius 1 is 0.523 bits per heavy atom. The molecule has 0 aromatic heterocycles. The lowest BCUT2D eigenvalue weighted by Gasteiger charge is -2.27. The summed E-state index contributed by atoms with van der Waals surface area (Å²) in [5.74, 6) is 0.853. The Kier molecular flexibility index (Phi) is 3.56. The molecule has 0 saturated heterocycles. The highest BCUT2D eigenvalue weighted by molar-refractivity contribution is 6.27. The van der Waals surface area contributed by atoms with Crippen molar-refractivity contribution in [3.05, 3.63) is 163 Å². The number of hydrogen-bond acceptors (Lipinski definition) is 2. The zero-order valence-electron chi connectivity index (χ0n) is 31.3. The van der Waals surface area contributed by atoms with Gasteiger partial charge in [-0.15, -0.1) is 0 Å². The van der Waals surface area contributed by atoms with Gasteiger partial charge in [-0.25, -0.2) is 0 Å². The van der Waals surface area contributed by atoms with Crippen molar-refractivity contribution in [3.8, 4) is 28.0 Å². The summed E-state index contributed by atoms with van der Waals surface area (Å²) in [6, 6.07) is 30.8. The highest BCUT2D eigenvalue weighted by Gasteiger charge is 2.47. The van der Waals surface area contributed by atoms with Crippen LogP contribution in [0.5, 0.6) is 5.75 Å². The molecule has 0 radical (unpaired) electrons. The van der Waals surface area contributed by atoms with Crippen molar-refractivity contribution in [3.63, 3.8) is 0 Å². The molecule has 2 unspecified atom stereocenters. The molecule has 2 heterocycles. The van der Waals surface area contributed by atoms with E-state index < -0.39 is 0 Å². The molecular formula is C42H27NO. The molecule has 2 aliphatic heterocycles. The van der Waals surface area contributed by atoms with Gasteiger partial charge in [-0.05, 0) is 78.8 Å². The van der Waals surface area contributed by atoms with E-state index in [1.54, 1.807) is 24.3 Å². The van der Waals surface area contributed by atoms with Gasteiger partial charge >= 0.3 is 0 Å². The van der Waals surface area contributed by atoms with Crippen LogP contribution in [0.1, 0.15) is 34.2 Å². The lowest BCUT2D eigenvalue weighted by molar-refractivity contribution is 0.223. The van der Waals surface area contributed by atoms with Crippen molar-refractivity contribution in [2.24, 2.45) is 0 Å². The van der Waals surface area contributed by atoms with E-state index in [0.717, 1.165) is 28.3 Å². The van der Waals surface area contributed by atoms with E-state index >= 15 is 0 Å². The molecule has 44 heavy (non-hydrogen) atoms. The zero-order chi connectivity index (χ0) is 35.7. The summed E-state index contributed by atoms with van der Waals surface area (Å²) in [7, 11) is 0. The molecule has 2 aliphatic rings. The molecule has 0 aliphatic carbocycles. The highest BCUT2D eigenvalue weighted by atomic mass is 16.5. The van der Waals surface area contributed by atoms with E-state index in [4.69, 9.17) is 10.2 Å². The number of ether oxygens (including phenoxy) is 1. The van der Waals surface area contributed by atoms with Crippen LogP contribution in [0.2, 0.25) is 0 Å². The topological polar surface area (TPSA) is 12.5 Å². The molecule has 2 nitrogen and oxygen atoms in total. The molecule has 8 aromatic carbocycles. The molecule has 0 fully saturated rings. The smallest absolute Gasteiger partial charge is 0.151 e. The van der Waals surface area contributed by atoms with E-state index in [9.17, 15) is 5.48 Å². The number of fused-ring (bicyclic) bond motifs is 5. The maximum atomic E-state index is 9.31. The van der Waals surface area contributed by atoms with Gasteiger partial charge in [0.25, 0.3) is 0 Å². The Labute approximate surface area is 267 Å². The van der Waals surface area contributed by atoms with Crippen LogP contribution in [-0.2, 0) is 0 Å². The Morgan fingerprint density at radius 2 is 1.09 bits per heavy atom. The first-order valence-corrected chi connectivity index (χ1v) is 14.7. The van der Waals surface area contributed by atoms with Crippen molar-refractivity contribution in [1.29, 1.82) is 0 Å². The van der Waals surface area contributed by atoms with Crippen LogP contribution < -0.4 is 9.64 Å². The normalized spacial score (nSPS) is 19.3. The summed E-state index contributed by atoms with van der Waals surface area (Å²) in [4.78, 5) is 2.26. The minimum atomic E-state index is -0.288. The first-order chi connectivity index (χ1) is 25.2. The maximum absolute atomic E-state index is 9.31. The minimum absolute atomic E-state index is 0.0344. The Morgan fingerprint density at radius 3 is 1.80 bits per heavy atom. The fraction of sp³-hybridized carbons (Fsp3) is 0.0476. The number of hydrogen-bond donors (Lipinski definition) is 0. The molecule has 0 spiro atoms. The molecule has 10 rings (SSSR count). The van der Waals surface area contributed by atoms with Crippen molar-refractivity contribution in [1.82, 2.24) is 0 Å². The lowest BCUT2D eigenvalue weighted by atomic mass is 9.87. The second-order valence-corrected chi connectivity index (χ2v) is 11.4.